The second kappa shape index (κ2) is 6.57. The number of aromatic nitrogens is 2. The first-order chi connectivity index (χ1) is 12.5. The number of aryl methyl sites for hydroxylation is 1. The van der Waals surface area contributed by atoms with Gasteiger partial charge in [0.15, 0.2) is 0 Å². The molecular formula is C20H18ClN3O2. The molecule has 1 aromatic heterocycles. The Balaban J connectivity index is 1.64. The van der Waals surface area contributed by atoms with Gasteiger partial charge in [-0.2, -0.15) is 0 Å². The van der Waals surface area contributed by atoms with Gasteiger partial charge in [0.1, 0.15) is 5.82 Å². The summed E-state index contributed by atoms with van der Waals surface area (Å²) < 4.78 is 1.73. The number of hydrogen-bond acceptors (Lipinski definition) is 3. The molecule has 4 rings (SSSR count). The fourth-order valence-electron chi connectivity index (χ4n) is 3.42. The standard InChI is InChI=1S/C20H18ClN3O2/c1-23(12-13-4-2-5-15(21)10-13)19(25)14-7-8-16-17(11-14)22-18-6-3-9-24(18)20(16)26/h2,4-5,7-8,10-11H,3,6,9,12H2,1H3. The second-order valence-electron chi connectivity index (χ2n) is 6.61. The van der Waals surface area contributed by atoms with Gasteiger partial charge < -0.3 is 4.90 Å². The topological polar surface area (TPSA) is 55.2 Å². The monoisotopic (exact) mass is 367 g/mol. The summed E-state index contributed by atoms with van der Waals surface area (Å²) in [5, 5.41) is 1.21. The lowest BCUT2D eigenvalue weighted by atomic mass is 10.1. The Morgan fingerprint density at radius 1 is 1.27 bits per heavy atom. The maximum Gasteiger partial charge on any atom is 0.261 e. The van der Waals surface area contributed by atoms with Gasteiger partial charge in [0.05, 0.1) is 10.9 Å². The molecule has 0 atom stereocenters. The van der Waals surface area contributed by atoms with E-state index in [1.807, 2.05) is 18.2 Å². The van der Waals surface area contributed by atoms with Gasteiger partial charge in [-0.15, -0.1) is 0 Å². The van der Waals surface area contributed by atoms with Crippen LogP contribution in [0.4, 0.5) is 0 Å². The van der Waals surface area contributed by atoms with Crippen molar-refractivity contribution in [3.63, 3.8) is 0 Å². The van der Waals surface area contributed by atoms with Gasteiger partial charge in [-0.05, 0) is 42.3 Å². The molecule has 0 spiro atoms. The van der Waals surface area contributed by atoms with Gasteiger partial charge in [0, 0.05) is 37.1 Å². The number of halogens is 1. The third-order valence-electron chi connectivity index (χ3n) is 4.72. The average Bonchev–Trinajstić information content (AvgIpc) is 3.09. The van der Waals surface area contributed by atoms with E-state index in [4.69, 9.17) is 11.6 Å². The van der Waals surface area contributed by atoms with Crippen LogP contribution in [-0.2, 0) is 19.5 Å². The molecule has 6 heteroatoms. The van der Waals surface area contributed by atoms with Crippen molar-refractivity contribution in [3.8, 4) is 0 Å². The van der Waals surface area contributed by atoms with Crippen molar-refractivity contribution in [1.29, 1.82) is 0 Å². The summed E-state index contributed by atoms with van der Waals surface area (Å²) in [6, 6.07) is 12.6. The summed E-state index contributed by atoms with van der Waals surface area (Å²) in [4.78, 5) is 31.5. The maximum atomic E-state index is 12.8. The molecular weight excluding hydrogens is 350 g/mol. The van der Waals surface area contributed by atoms with Crippen molar-refractivity contribution in [2.45, 2.75) is 25.9 Å². The predicted octanol–water partition coefficient (Wildman–Crippen LogP) is 3.27. The number of carbonyl (C=O) groups excluding carboxylic acids is 1. The number of hydrogen-bond donors (Lipinski definition) is 0. The predicted molar refractivity (Wildman–Crippen MR) is 102 cm³/mol. The van der Waals surface area contributed by atoms with Crippen LogP contribution in [0, 0.1) is 0 Å². The Labute approximate surface area is 155 Å². The first-order valence-electron chi connectivity index (χ1n) is 8.56. The molecule has 2 heterocycles. The van der Waals surface area contributed by atoms with E-state index in [0.717, 1.165) is 30.8 Å². The van der Waals surface area contributed by atoms with Crippen LogP contribution in [0.15, 0.2) is 47.3 Å². The minimum atomic E-state index is -0.116. The molecule has 5 nitrogen and oxygen atoms in total. The number of nitrogens with zero attached hydrogens (tertiary/aromatic N) is 3. The second-order valence-corrected chi connectivity index (χ2v) is 7.05. The number of benzene rings is 2. The van der Waals surface area contributed by atoms with Crippen LogP contribution in [0.1, 0.15) is 28.2 Å². The Bertz CT molecular complexity index is 1070. The van der Waals surface area contributed by atoms with Crippen molar-refractivity contribution in [1.82, 2.24) is 14.5 Å². The third kappa shape index (κ3) is 2.99. The summed E-state index contributed by atoms with van der Waals surface area (Å²) in [7, 11) is 1.75. The number of rotatable bonds is 3. The van der Waals surface area contributed by atoms with Gasteiger partial charge >= 0.3 is 0 Å². The van der Waals surface area contributed by atoms with Gasteiger partial charge in [0.2, 0.25) is 0 Å². The number of amides is 1. The fraction of sp³-hybridized carbons (Fsp3) is 0.250. The molecule has 0 radical (unpaired) electrons. The van der Waals surface area contributed by atoms with E-state index >= 15 is 0 Å². The average molecular weight is 368 g/mol. The summed E-state index contributed by atoms with van der Waals surface area (Å²) in [6.45, 7) is 1.18. The van der Waals surface area contributed by atoms with Crippen LogP contribution in [0.25, 0.3) is 10.9 Å². The molecule has 0 bridgehead atoms. The minimum Gasteiger partial charge on any atom is -0.337 e. The fourth-order valence-corrected chi connectivity index (χ4v) is 3.63. The van der Waals surface area contributed by atoms with E-state index in [2.05, 4.69) is 4.98 Å². The Morgan fingerprint density at radius 3 is 2.92 bits per heavy atom. The van der Waals surface area contributed by atoms with Crippen LogP contribution < -0.4 is 5.56 Å². The van der Waals surface area contributed by atoms with Crippen molar-refractivity contribution in [3.05, 3.63) is 74.8 Å². The van der Waals surface area contributed by atoms with E-state index < -0.39 is 0 Å². The Kier molecular flexibility index (Phi) is 4.24. The zero-order chi connectivity index (χ0) is 18.3. The zero-order valence-electron chi connectivity index (χ0n) is 14.4. The Morgan fingerprint density at radius 2 is 2.12 bits per heavy atom. The molecule has 0 fully saturated rings. The molecule has 0 N–H and O–H groups in total. The van der Waals surface area contributed by atoms with Gasteiger partial charge in [-0.25, -0.2) is 4.98 Å². The lowest BCUT2D eigenvalue weighted by Crippen LogP contribution is -2.26. The molecule has 1 amide bonds. The largest absolute Gasteiger partial charge is 0.337 e. The highest BCUT2D eigenvalue weighted by Crippen LogP contribution is 2.18. The lowest BCUT2D eigenvalue weighted by Gasteiger charge is -2.18. The smallest absolute Gasteiger partial charge is 0.261 e. The van der Waals surface area contributed by atoms with E-state index in [-0.39, 0.29) is 11.5 Å². The van der Waals surface area contributed by atoms with Gasteiger partial charge in [-0.3, -0.25) is 14.2 Å². The van der Waals surface area contributed by atoms with E-state index in [0.29, 0.717) is 28.0 Å². The summed E-state index contributed by atoms with van der Waals surface area (Å²) in [5.41, 5.74) is 2.05. The molecule has 1 aliphatic heterocycles. The Hall–Kier alpha value is -2.66. The summed E-state index contributed by atoms with van der Waals surface area (Å²) in [5.74, 6) is 0.689. The molecule has 0 unspecified atom stereocenters. The lowest BCUT2D eigenvalue weighted by molar-refractivity contribution is 0.0785. The molecule has 0 saturated heterocycles. The molecule has 132 valence electrons. The van der Waals surface area contributed by atoms with Crippen LogP contribution >= 0.6 is 11.6 Å². The van der Waals surface area contributed by atoms with Crippen molar-refractivity contribution >= 4 is 28.4 Å². The summed E-state index contributed by atoms with van der Waals surface area (Å²) in [6.07, 6.45) is 1.74. The van der Waals surface area contributed by atoms with Crippen LogP contribution in [0.3, 0.4) is 0 Å². The van der Waals surface area contributed by atoms with Crippen molar-refractivity contribution < 1.29 is 4.79 Å². The van der Waals surface area contributed by atoms with Gasteiger partial charge in [0.25, 0.3) is 11.5 Å². The van der Waals surface area contributed by atoms with E-state index in [9.17, 15) is 9.59 Å². The normalized spacial score (nSPS) is 13.0. The highest BCUT2D eigenvalue weighted by Gasteiger charge is 2.18. The maximum absolute atomic E-state index is 12.8. The van der Waals surface area contributed by atoms with E-state index in [1.54, 1.807) is 40.8 Å². The van der Waals surface area contributed by atoms with E-state index in [1.165, 1.54) is 0 Å². The SMILES string of the molecule is CN(Cc1cccc(Cl)c1)C(=O)c1ccc2c(=O)n3c(nc2c1)CCC3. The summed E-state index contributed by atoms with van der Waals surface area (Å²) >= 11 is 6.01. The molecule has 0 aliphatic carbocycles. The highest BCUT2D eigenvalue weighted by atomic mass is 35.5. The van der Waals surface area contributed by atoms with Crippen LogP contribution in [-0.4, -0.2) is 27.4 Å². The van der Waals surface area contributed by atoms with Gasteiger partial charge in [-0.1, -0.05) is 23.7 Å². The molecule has 1 aliphatic rings. The molecule has 2 aromatic carbocycles. The van der Waals surface area contributed by atoms with Crippen LogP contribution in [0.2, 0.25) is 5.02 Å². The minimum absolute atomic E-state index is 0.0196. The first kappa shape index (κ1) is 16.8. The quantitative estimate of drug-likeness (QED) is 0.714. The molecule has 3 aromatic rings. The molecule has 26 heavy (non-hydrogen) atoms. The first-order valence-corrected chi connectivity index (χ1v) is 8.94. The third-order valence-corrected chi connectivity index (χ3v) is 4.95. The zero-order valence-corrected chi connectivity index (χ0v) is 15.2. The van der Waals surface area contributed by atoms with Crippen molar-refractivity contribution in [2.75, 3.05) is 7.05 Å². The van der Waals surface area contributed by atoms with Crippen molar-refractivity contribution in [2.24, 2.45) is 0 Å². The highest BCUT2D eigenvalue weighted by molar-refractivity contribution is 6.30. The molecule has 0 saturated carbocycles. The number of fused-ring (bicyclic) bond motifs is 2. The van der Waals surface area contributed by atoms with Crippen LogP contribution in [0.5, 0.6) is 0 Å². The number of carbonyl (C=O) groups is 1.